The van der Waals surface area contributed by atoms with Crippen LogP contribution < -0.4 is 5.73 Å². The van der Waals surface area contributed by atoms with Crippen LogP contribution in [0.4, 0.5) is 0 Å². The van der Waals surface area contributed by atoms with Gasteiger partial charge in [-0.25, -0.2) is 0 Å². The van der Waals surface area contributed by atoms with Crippen LogP contribution in [-0.4, -0.2) is 10.2 Å². The van der Waals surface area contributed by atoms with Gasteiger partial charge >= 0.3 is 0 Å². The van der Waals surface area contributed by atoms with E-state index < -0.39 is 0 Å². The summed E-state index contributed by atoms with van der Waals surface area (Å²) in [6.07, 6.45) is 2.47. The van der Waals surface area contributed by atoms with Gasteiger partial charge in [0.2, 0.25) is 11.8 Å². The summed E-state index contributed by atoms with van der Waals surface area (Å²) in [5.74, 6) is 1.20. The molecule has 4 nitrogen and oxygen atoms in total. The molecule has 0 bridgehead atoms. The molecule has 4 heteroatoms. The Morgan fingerprint density at radius 3 is 2.56 bits per heavy atom. The second kappa shape index (κ2) is 5.78. The van der Waals surface area contributed by atoms with Crippen LogP contribution in [0, 0.1) is 6.92 Å². The highest BCUT2D eigenvalue weighted by molar-refractivity contribution is 5.21. The van der Waals surface area contributed by atoms with E-state index in [1.807, 2.05) is 6.92 Å². The third kappa shape index (κ3) is 3.17. The zero-order chi connectivity index (χ0) is 13.0. The van der Waals surface area contributed by atoms with E-state index in [4.69, 9.17) is 10.2 Å². The molecule has 96 valence electrons. The van der Waals surface area contributed by atoms with Crippen molar-refractivity contribution < 1.29 is 4.42 Å². The van der Waals surface area contributed by atoms with Gasteiger partial charge in [-0.15, -0.1) is 10.2 Å². The first-order valence-corrected chi connectivity index (χ1v) is 6.32. The molecular formula is C14H19N3O. The average molecular weight is 245 g/mol. The molecule has 1 aromatic carbocycles. The number of hydrogen-bond donors (Lipinski definition) is 1. The lowest BCUT2D eigenvalue weighted by Crippen LogP contribution is -2.08. The van der Waals surface area contributed by atoms with Crippen molar-refractivity contribution >= 4 is 0 Å². The van der Waals surface area contributed by atoms with Gasteiger partial charge in [-0.1, -0.05) is 36.8 Å². The number of hydrogen-bond acceptors (Lipinski definition) is 4. The molecule has 2 aromatic rings. The van der Waals surface area contributed by atoms with Crippen LogP contribution in [0.1, 0.15) is 42.3 Å². The van der Waals surface area contributed by atoms with E-state index in [1.54, 1.807) is 0 Å². The number of nitrogens with two attached hydrogens (primary N) is 1. The van der Waals surface area contributed by atoms with Gasteiger partial charge < -0.3 is 10.2 Å². The Bertz CT molecular complexity index is 490. The molecule has 0 saturated heterocycles. The van der Waals surface area contributed by atoms with Crippen molar-refractivity contribution in [1.82, 2.24) is 10.2 Å². The summed E-state index contributed by atoms with van der Waals surface area (Å²) in [7, 11) is 0. The summed E-state index contributed by atoms with van der Waals surface area (Å²) in [5, 5.41) is 7.99. The first-order valence-electron chi connectivity index (χ1n) is 6.32. The van der Waals surface area contributed by atoms with Crippen molar-refractivity contribution in [1.29, 1.82) is 0 Å². The Balaban J connectivity index is 1.94. The Hall–Kier alpha value is -1.68. The van der Waals surface area contributed by atoms with Crippen LogP contribution in [-0.2, 0) is 12.8 Å². The molecule has 2 rings (SSSR count). The van der Waals surface area contributed by atoms with Crippen LogP contribution in [0.3, 0.4) is 0 Å². The van der Waals surface area contributed by atoms with Crippen LogP contribution in [0.5, 0.6) is 0 Å². The van der Waals surface area contributed by atoms with E-state index in [0.29, 0.717) is 11.8 Å². The Morgan fingerprint density at radius 1 is 1.17 bits per heavy atom. The number of nitrogens with zero attached hydrogens (tertiary/aromatic N) is 2. The smallest absolute Gasteiger partial charge is 0.233 e. The van der Waals surface area contributed by atoms with Gasteiger partial charge in [-0.2, -0.15) is 0 Å². The predicted molar refractivity (Wildman–Crippen MR) is 70.1 cm³/mol. The minimum absolute atomic E-state index is 0.148. The van der Waals surface area contributed by atoms with Crippen molar-refractivity contribution in [3.63, 3.8) is 0 Å². The summed E-state index contributed by atoms with van der Waals surface area (Å²) in [6, 6.07) is 8.34. The fourth-order valence-corrected chi connectivity index (χ4v) is 1.70. The topological polar surface area (TPSA) is 64.9 Å². The van der Waals surface area contributed by atoms with Crippen LogP contribution in [0.25, 0.3) is 0 Å². The molecule has 18 heavy (non-hydrogen) atoms. The van der Waals surface area contributed by atoms with Crippen molar-refractivity contribution in [3.8, 4) is 0 Å². The van der Waals surface area contributed by atoms with E-state index in [9.17, 15) is 0 Å². The first-order chi connectivity index (χ1) is 8.69. The zero-order valence-corrected chi connectivity index (χ0v) is 10.9. The molecule has 1 unspecified atom stereocenters. The molecule has 2 N–H and O–H groups in total. The number of aromatic nitrogens is 2. The highest BCUT2D eigenvalue weighted by Gasteiger charge is 2.12. The number of aryl methyl sites for hydroxylation is 3. The zero-order valence-electron chi connectivity index (χ0n) is 10.9. The van der Waals surface area contributed by atoms with Gasteiger partial charge in [0.05, 0.1) is 6.04 Å². The molecular weight excluding hydrogens is 226 g/mol. The van der Waals surface area contributed by atoms with E-state index in [1.165, 1.54) is 11.1 Å². The molecule has 1 heterocycles. The summed E-state index contributed by atoms with van der Waals surface area (Å²) in [6.45, 7) is 4.08. The van der Waals surface area contributed by atoms with Gasteiger partial charge in [0, 0.05) is 6.42 Å². The maximum absolute atomic E-state index is 5.84. The monoisotopic (exact) mass is 245 g/mol. The van der Waals surface area contributed by atoms with Crippen LogP contribution in [0.15, 0.2) is 28.7 Å². The molecule has 0 aliphatic carbocycles. The second-order valence-electron chi connectivity index (χ2n) is 4.53. The third-order valence-electron chi connectivity index (χ3n) is 2.99. The van der Waals surface area contributed by atoms with Gasteiger partial charge in [0.15, 0.2) is 0 Å². The maximum Gasteiger partial charge on any atom is 0.233 e. The molecule has 0 amide bonds. The predicted octanol–water partition coefficient (Wildman–Crippen LogP) is 2.57. The summed E-state index contributed by atoms with van der Waals surface area (Å²) in [4.78, 5) is 0. The van der Waals surface area contributed by atoms with Gasteiger partial charge in [0.1, 0.15) is 0 Å². The molecule has 0 spiro atoms. The lowest BCUT2D eigenvalue weighted by atomic mass is 10.1. The fraction of sp³-hybridized carbons (Fsp3) is 0.429. The molecule has 0 fully saturated rings. The van der Waals surface area contributed by atoms with Crippen LogP contribution in [0.2, 0.25) is 0 Å². The first kappa shape index (κ1) is 12.8. The highest BCUT2D eigenvalue weighted by Crippen LogP contribution is 2.13. The standard InChI is InChI=1S/C14H19N3O/c1-3-12(15)14-17-16-13(18-14)9-8-11-6-4-10(2)5-7-11/h4-7,12H,3,8-9,15H2,1-2H3. The molecule has 1 aromatic heterocycles. The lowest BCUT2D eigenvalue weighted by molar-refractivity contribution is 0.412. The van der Waals surface area contributed by atoms with Crippen molar-refractivity contribution in [3.05, 3.63) is 47.2 Å². The van der Waals surface area contributed by atoms with Gasteiger partial charge in [-0.05, 0) is 25.3 Å². The Kier molecular flexibility index (Phi) is 4.10. The average Bonchev–Trinajstić information content (AvgIpc) is 2.86. The minimum Gasteiger partial charge on any atom is -0.424 e. The normalized spacial score (nSPS) is 12.6. The molecule has 0 aliphatic rings. The summed E-state index contributed by atoms with van der Waals surface area (Å²) >= 11 is 0. The maximum atomic E-state index is 5.84. The van der Waals surface area contributed by atoms with Gasteiger partial charge in [0.25, 0.3) is 0 Å². The minimum atomic E-state index is -0.148. The van der Waals surface area contributed by atoms with Crippen molar-refractivity contribution in [2.75, 3.05) is 0 Å². The van der Waals surface area contributed by atoms with E-state index in [2.05, 4.69) is 41.4 Å². The molecule has 0 aliphatic heterocycles. The van der Waals surface area contributed by atoms with E-state index >= 15 is 0 Å². The largest absolute Gasteiger partial charge is 0.424 e. The lowest BCUT2D eigenvalue weighted by Gasteiger charge is -2.01. The second-order valence-corrected chi connectivity index (χ2v) is 4.53. The van der Waals surface area contributed by atoms with E-state index in [-0.39, 0.29) is 6.04 Å². The third-order valence-corrected chi connectivity index (χ3v) is 2.99. The van der Waals surface area contributed by atoms with Crippen molar-refractivity contribution in [2.45, 2.75) is 39.2 Å². The SMILES string of the molecule is CCC(N)c1nnc(CCc2ccc(C)cc2)o1. The Labute approximate surface area is 107 Å². The molecule has 1 atom stereocenters. The van der Waals surface area contributed by atoms with E-state index in [0.717, 1.165) is 19.3 Å². The highest BCUT2D eigenvalue weighted by atomic mass is 16.4. The molecule has 0 saturated carbocycles. The Morgan fingerprint density at radius 2 is 1.89 bits per heavy atom. The molecule has 0 radical (unpaired) electrons. The quantitative estimate of drug-likeness (QED) is 0.879. The van der Waals surface area contributed by atoms with Crippen LogP contribution >= 0.6 is 0 Å². The summed E-state index contributed by atoms with van der Waals surface area (Å²) < 4.78 is 5.53. The fourth-order valence-electron chi connectivity index (χ4n) is 1.70. The number of rotatable bonds is 5. The van der Waals surface area contributed by atoms with Crippen molar-refractivity contribution in [2.24, 2.45) is 5.73 Å². The summed E-state index contributed by atoms with van der Waals surface area (Å²) in [5.41, 5.74) is 8.38. The number of benzene rings is 1. The van der Waals surface area contributed by atoms with Gasteiger partial charge in [-0.3, -0.25) is 0 Å².